The largest absolute Gasteiger partial charge is 0.504 e. The first-order valence-electron chi connectivity index (χ1n) is 7.22. The third-order valence-electron chi connectivity index (χ3n) is 3.25. The number of ketones is 1. The van der Waals surface area contributed by atoms with Crippen molar-refractivity contribution in [3.05, 3.63) is 39.6 Å². The van der Waals surface area contributed by atoms with Gasteiger partial charge in [0, 0.05) is 10.8 Å². The Morgan fingerprint density at radius 1 is 1.05 bits per heavy atom. The van der Waals surface area contributed by atoms with E-state index in [-0.39, 0.29) is 28.2 Å². The molecule has 4 nitrogen and oxygen atoms in total. The van der Waals surface area contributed by atoms with Crippen LogP contribution in [0.5, 0.6) is 5.75 Å². The summed E-state index contributed by atoms with van der Waals surface area (Å²) >= 11 is 1.36. The molecule has 0 aliphatic heterocycles. The molecule has 0 amide bonds. The Kier molecular flexibility index (Phi) is 4.13. The molecule has 0 saturated heterocycles. The highest BCUT2D eigenvalue weighted by atomic mass is 32.1. The van der Waals surface area contributed by atoms with Gasteiger partial charge in [-0.2, -0.15) is 0 Å². The van der Waals surface area contributed by atoms with Crippen molar-refractivity contribution in [3.8, 4) is 5.75 Å². The van der Waals surface area contributed by atoms with Crippen molar-refractivity contribution >= 4 is 17.1 Å². The van der Waals surface area contributed by atoms with Crippen LogP contribution < -0.4 is 0 Å². The second kappa shape index (κ2) is 5.47. The Morgan fingerprint density at radius 3 is 1.91 bits per heavy atom. The van der Waals surface area contributed by atoms with E-state index >= 15 is 0 Å². The van der Waals surface area contributed by atoms with Crippen LogP contribution in [0.25, 0.3) is 0 Å². The molecule has 2 heterocycles. The Labute approximate surface area is 135 Å². The standard InChI is InChI=1S/C17H22N2O2S/c1-16(2,3)13-12(21)14(17(4,5)6)19-15(18-13)11(20)10-8-7-9-22-10/h7-9,21H,1-6H3. The van der Waals surface area contributed by atoms with Crippen molar-refractivity contribution in [2.75, 3.05) is 0 Å². The van der Waals surface area contributed by atoms with E-state index in [0.29, 0.717) is 16.3 Å². The third kappa shape index (κ3) is 3.19. The second-order valence-electron chi connectivity index (χ2n) is 7.40. The van der Waals surface area contributed by atoms with Crippen molar-refractivity contribution in [1.82, 2.24) is 9.97 Å². The molecular weight excluding hydrogens is 296 g/mol. The molecular formula is C17H22N2O2S. The molecule has 0 unspecified atom stereocenters. The van der Waals surface area contributed by atoms with E-state index in [1.807, 2.05) is 53.0 Å². The van der Waals surface area contributed by atoms with Crippen molar-refractivity contribution < 1.29 is 9.90 Å². The van der Waals surface area contributed by atoms with Gasteiger partial charge in [0.2, 0.25) is 11.6 Å². The zero-order chi connectivity index (χ0) is 16.7. The summed E-state index contributed by atoms with van der Waals surface area (Å²) in [6, 6.07) is 3.59. The summed E-state index contributed by atoms with van der Waals surface area (Å²) < 4.78 is 0. The van der Waals surface area contributed by atoms with E-state index in [1.165, 1.54) is 11.3 Å². The number of rotatable bonds is 2. The van der Waals surface area contributed by atoms with Gasteiger partial charge in [0.15, 0.2) is 5.75 Å². The van der Waals surface area contributed by atoms with Gasteiger partial charge in [0.1, 0.15) is 0 Å². The van der Waals surface area contributed by atoms with Crippen LogP contribution in [0.1, 0.15) is 68.4 Å². The van der Waals surface area contributed by atoms with Gasteiger partial charge in [0.25, 0.3) is 0 Å². The van der Waals surface area contributed by atoms with Gasteiger partial charge < -0.3 is 5.11 Å². The molecule has 0 atom stereocenters. The quantitative estimate of drug-likeness (QED) is 0.848. The molecule has 0 aliphatic carbocycles. The highest BCUT2D eigenvalue weighted by Crippen LogP contribution is 2.36. The summed E-state index contributed by atoms with van der Waals surface area (Å²) in [7, 11) is 0. The van der Waals surface area contributed by atoms with E-state index in [0.717, 1.165) is 0 Å². The number of aromatic nitrogens is 2. The van der Waals surface area contributed by atoms with Crippen LogP contribution in [0.2, 0.25) is 0 Å². The first kappa shape index (κ1) is 16.6. The lowest BCUT2D eigenvalue weighted by molar-refractivity contribution is 0.103. The van der Waals surface area contributed by atoms with Gasteiger partial charge in [-0.3, -0.25) is 4.79 Å². The maximum Gasteiger partial charge on any atom is 0.240 e. The first-order chi connectivity index (χ1) is 10.0. The van der Waals surface area contributed by atoms with Crippen LogP contribution in [0.3, 0.4) is 0 Å². The number of hydrogen-bond acceptors (Lipinski definition) is 5. The van der Waals surface area contributed by atoms with Crippen molar-refractivity contribution in [2.24, 2.45) is 0 Å². The highest BCUT2D eigenvalue weighted by molar-refractivity contribution is 7.12. The lowest BCUT2D eigenvalue weighted by Crippen LogP contribution is -2.23. The molecule has 5 heteroatoms. The molecule has 0 radical (unpaired) electrons. The molecule has 118 valence electrons. The van der Waals surface area contributed by atoms with E-state index in [9.17, 15) is 9.90 Å². The summed E-state index contributed by atoms with van der Waals surface area (Å²) in [5, 5.41) is 12.4. The average molecular weight is 318 g/mol. The van der Waals surface area contributed by atoms with Crippen LogP contribution >= 0.6 is 11.3 Å². The average Bonchev–Trinajstić information content (AvgIpc) is 2.89. The predicted octanol–water partition coefficient (Wildman–Crippen LogP) is 4.07. The molecule has 0 aromatic carbocycles. The monoisotopic (exact) mass is 318 g/mol. The zero-order valence-corrected chi connectivity index (χ0v) is 14.7. The fraction of sp³-hybridized carbons (Fsp3) is 0.471. The van der Waals surface area contributed by atoms with E-state index in [4.69, 9.17) is 0 Å². The smallest absolute Gasteiger partial charge is 0.240 e. The topological polar surface area (TPSA) is 63.1 Å². The first-order valence-corrected chi connectivity index (χ1v) is 8.10. The third-order valence-corrected chi connectivity index (χ3v) is 4.12. The molecule has 0 bridgehead atoms. The van der Waals surface area contributed by atoms with E-state index in [1.54, 1.807) is 6.07 Å². The molecule has 0 saturated carbocycles. The van der Waals surface area contributed by atoms with Crippen molar-refractivity contribution in [2.45, 2.75) is 52.4 Å². The highest BCUT2D eigenvalue weighted by Gasteiger charge is 2.31. The Hall–Kier alpha value is -1.75. The number of aromatic hydroxyl groups is 1. The predicted molar refractivity (Wildman–Crippen MR) is 88.8 cm³/mol. The number of thiophene rings is 1. The van der Waals surface area contributed by atoms with Crippen LogP contribution in [-0.4, -0.2) is 20.9 Å². The molecule has 22 heavy (non-hydrogen) atoms. The lowest BCUT2D eigenvalue weighted by Gasteiger charge is -2.25. The van der Waals surface area contributed by atoms with E-state index in [2.05, 4.69) is 9.97 Å². The maximum atomic E-state index is 12.6. The van der Waals surface area contributed by atoms with Crippen molar-refractivity contribution in [1.29, 1.82) is 0 Å². The summed E-state index contributed by atoms with van der Waals surface area (Å²) in [5.74, 6) is 0.0313. The molecule has 0 spiro atoms. The van der Waals surface area contributed by atoms with Crippen LogP contribution in [0.15, 0.2) is 17.5 Å². The van der Waals surface area contributed by atoms with E-state index < -0.39 is 0 Å². The van der Waals surface area contributed by atoms with Gasteiger partial charge in [-0.05, 0) is 11.4 Å². The molecule has 1 N–H and O–H groups in total. The Balaban J connectivity index is 2.68. The van der Waals surface area contributed by atoms with Crippen molar-refractivity contribution in [3.63, 3.8) is 0 Å². The minimum absolute atomic E-state index is 0.0859. The Morgan fingerprint density at radius 2 is 1.55 bits per heavy atom. The molecule has 0 aliphatic rings. The van der Waals surface area contributed by atoms with Gasteiger partial charge in [0.05, 0.1) is 16.3 Å². The number of nitrogens with zero attached hydrogens (tertiary/aromatic N) is 2. The summed E-state index contributed by atoms with van der Waals surface area (Å²) in [6.07, 6.45) is 0. The summed E-state index contributed by atoms with van der Waals surface area (Å²) in [6.45, 7) is 11.8. The number of hydrogen-bond donors (Lipinski definition) is 1. The Bertz CT molecular complexity index is 657. The normalized spacial score (nSPS) is 12.5. The zero-order valence-electron chi connectivity index (χ0n) is 13.9. The lowest BCUT2D eigenvalue weighted by atomic mass is 9.85. The van der Waals surface area contributed by atoms with Crippen LogP contribution in [-0.2, 0) is 10.8 Å². The minimum Gasteiger partial charge on any atom is -0.504 e. The van der Waals surface area contributed by atoms with Gasteiger partial charge >= 0.3 is 0 Å². The number of carbonyl (C=O) groups excluding carboxylic acids is 1. The minimum atomic E-state index is -0.377. The molecule has 2 aromatic rings. The van der Waals surface area contributed by atoms with Gasteiger partial charge in [-0.1, -0.05) is 47.6 Å². The molecule has 0 fully saturated rings. The molecule has 2 rings (SSSR count). The second-order valence-corrected chi connectivity index (χ2v) is 8.35. The SMILES string of the molecule is CC(C)(C)c1nc(C(=O)c2cccs2)nc(C(C)(C)C)c1O. The number of carbonyl (C=O) groups is 1. The van der Waals surface area contributed by atoms with Crippen LogP contribution in [0.4, 0.5) is 0 Å². The van der Waals surface area contributed by atoms with Gasteiger partial charge in [-0.15, -0.1) is 11.3 Å². The fourth-order valence-electron chi connectivity index (χ4n) is 2.12. The maximum absolute atomic E-state index is 12.6. The molecule has 2 aromatic heterocycles. The summed E-state index contributed by atoms with van der Waals surface area (Å²) in [5.41, 5.74) is 0.259. The fourth-order valence-corrected chi connectivity index (χ4v) is 2.78. The van der Waals surface area contributed by atoms with Crippen LogP contribution in [0, 0.1) is 0 Å². The summed E-state index contributed by atoms with van der Waals surface area (Å²) in [4.78, 5) is 21.9. The van der Waals surface area contributed by atoms with Gasteiger partial charge in [-0.25, -0.2) is 9.97 Å².